The Kier molecular flexibility index (Phi) is 14.7. The fourth-order valence-corrected chi connectivity index (χ4v) is 10.1. The average molecular weight is 1080 g/mol. The second-order valence-electron chi connectivity index (χ2n) is 18.3. The van der Waals surface area contributed by atoms with Crippen molar-refractivity contribution in [3.8, 4) is 89.8 Å². The monoisotopic (exact) mass is 1080 g/mol. The van der Waals surface area contributed by atoms with Gasteiger partial charge in [-0.15, -0.1) is 0 Å². The van der Waals surface area contributed by atoms with E-state index in [4.69, 9.17) is 27.6 Å². The minimum absolute atomic E-state index is 0. The van der Waals surface area contributed by atoms with Crippen LogP contribution in [0.25, 0.3) is 136 Å². The Bertz CT molecular complexity index is 3630. The van der Waals surface area contributed by atoms with Crippen LogP contribution in [-0.2, 0) is 28.2 Å². The van der Waals surface area contributed by atoms with Crippen molar-refractivity contribution >= 4 is 46.4 Å². The standard InChI is InChI=1S/C60H46N8O4.4ClH/c1-65-29-37(53-9-5-21-69-53)25-41(33-65)57-45-13-15-47(61-45)58(42-26-38(30-66(2)34-42)54-10-6-22-70-54)49-17-19-51(63-49)60(44-28-40(32-68(4)36-44)56-12-8-24-72-56)52-20-18-50(64-52)59(48-16-14-46(57)62-48)43-27-39(31-67(3)35-43)55-11-7-23-71-55;;;;/h5-36,61,64H,1-4H3;4*1H/q+4;;;;/p-4. The number of nitrogens with one attached hydrogen (secondary N) is 2. The Labute approximate surface area is 461 Å². The molecule has 13 rings (SSSR count). The first-order valence-corrected chi connectivity index (χ1v) is 23.6. The number of nitrogens with zero attached hydrogens (tertiary/aromatic N) is 6. The molecule has 378 valence electrons. The normalized spacial score (nSPS) is 11.4. The van der Waals surface area contributed by atoms with Gasteiger partial charge in [0, 0.05) is 44.3 Å². The van der Waals surface area contributed by atoms with E-state index >= 15 is 0 Å². The van der Waals surface area contributed by atoms with Crippen LogP contribution in [0.2, 0.25) is 0 Å². The minimum Gasteiger partial charge on any atom is -1.00 e. The molecule has 0 unspecified atom stereocenters. The molecule has 0 aromatic carbocycles. The summed E-state index contributed by atoms with van der Waals surface area (Å²) in [5.41, 5.74) is 17.8. The first-order valence-electron chi connectivity index (χ1n) is 23.6. The van der Waals surface area contributed by atoms with Gasteiger partial charge in [-0.25, -0.2) is 28.2 Å². The molecule has 2 aliphatic heterocycles. The van der Waals surface area contributed by atoms with Gasteiger partial charge < -0.3 is 77.3 Å². The summed E-state index contributed by atoms with van der Waals surface area (Å²) in [4.78, 5) is 19.0. The highest BCUT2D eigenvalue weighted by atomic mass is 35.5. The largest absolute Gasteiger partial charge is 1.00 e. The zero-order valence-electron chi connectivity index (χ0n) is 41.3. The molecule has 0 aliphatic carbocycles. The molecule has 13 heterocycles. The number of hydrogen-bond acceptors (Lipinski definition) is 6. The van der Waals surface area contributed by atoms with Gasteiger partial charge in [0.2, 0.25) is 0 Å². The van der Waals surface area contributed by atoms with Crippen LogP contribution in [0.15, 0.2) is 189 Å². The van der Waals surface area contributed by atoms with Crippen LogP contribution in [-0.4, -0.2) is 19.9 Å². The van der Waals surface area contributed by atoms with E-state index in [2.05, 4.69) is 151 Å². The summed E-state index contributed by atoms with van der Waals surface area (Å²) in [5, 5.41) is 0. The number of H-pyrrole nitrogens is 2. The maximum atomic E-state index is 5.96. The van der Waals surface area contributed by atoms with Crippen molar-refractivity contribution in [1.29, 1.82) is 0 Å². The second-order valence-corrected chi connectivity index (χ2v) is 18.3. The van der Waals surface area contributed by atoms with E-state index < -0.39 is 0 Å². The maximum Gasteiger partial charge on any atom is 0.179 e. The van der Waals surface area contributed by atoms with E-state index in [-0.39, 0.29) is 49.6 Å². The third kappa shape index (κ3) is 9.71. The third-order valence-electron chi connectivity index (χ3n) is 13.1. The number of fused-ring (bicyclic) bond motifs is 8. The molecule has 0 amide bonds. The molecule has 8 bridgehead atoms. The summed E-state index contributed by atoms with van der Waals surface area (Å²) in [6.07, 6.45) is 32.1. The number of furan rings is 4. The number of aromatic amines is 2. The van der Waals surface area contributed by atoms with E-state index in [1.165, 1.54) is 0 Å². The number of pyridine rings is 4. The third-order valence-corrected chi connectivity index (χ3v) is 13.1. The molecule has 0 fully saturated rings. The van der Waals surface area contributed by atoms with Gasteiger partial charge in [-0.1, -0.05) is 0 Å². The zero-order valence-corrected chi connectivity index (χ0v) is 44.3. The maximum absolute atomic E-state index is 5.96. The summed E-state index contributed by atoms with van der Waals surface area (Å²) in [6.45, 7) is 0. The van der Waals surface area contributed by atoms with Gasteiger partial charge in [-0.05, 0) is 121 Å². The lowest BCUT2D eigenvalue weighted by molar-refractivity contribution is -0.670. The van der Waals surface area contributed by atoms with Crippen molar-refractivity contribution in [2.24, 2.45) is 28.2 Å². The molecular weight excluding hydrogens is 1040 g/mol. The Morgan fingerprint density at radius 3 is 0.750 bits per heavy atom. The molecule has 11 aromatic rings. The summed E-state index contributed by atoms with van der Waals surface area (Å²) in [7, 11) is 8.13. The minimum atomic E-state index is 0. The smallest absolute Gasteiger partial charge is 0.179 e. The summed E-state index contributed by atoms with van der Waals surface area (Å²) >= 11 is 0. The predicted octanol–water partition coefficient (Wildman–Crippen LogP) is -0.322. The molecule has 2 aliphatic rings. The lowest BCUT2D eigenvalue weighted by Gasteiger charge is -2.07. The van der Waals surface area contributed by atoms with Crippen molar-refractivity contribution < 1.29 is 85.6 Å². The number of aryl methyl sites for hydroxylation is 4. The number of aromatic nitrogens is 8. The fourth-order valence-electron chi connectivity index (χ4n) is 10.1. The van der Waals surface area contributed by atoms with Crippen LogP contribution >= 0.6 is 0 Å². The molecular formula is C60H46Cl4N8O4. The van der Waals surface area contributed by atoms with Gasteiger partial charge in [0.1, 0.15) is 51.2 Å². The van der Waals surface area contributed by atoms with Gasteiger partial charge >= 0.3 is 0 Å². The Morgan fingerprint density at radius 2 is 0.539 bits per heavy atom. The molecule has 0 atom stereocenters. The van der Waals surface area contributed by atoms with E-state index in [9.17, 15) is 0 Å². The molecule has 0 saturated carbocycles. The van der Waals surface area contributed by atoms with Crippen molar-refractivity contribution in [2.75, 3.05) is 0 Å². The SMILES string of the molecule is C[n+]1cc(-c2ccco2)cc(-c2c3nc(c(-c4cc(-c5ccco5)c[n+](C)c4)c4ccc([nH]4)c(-c4cc(-c5ccco5)c[n+](C)c4)c4nc(c(-c5cc(-c6ccco6)c[n+](C)c5)c5ccc2[nH]5)C=C4)C=C3)c1.[Cl-].[Cl-].[Cl-].[Cl-]. The molecule has 2 N–H and O–H groups in total. The van der Waals surface area contributed by atoms with E-state index in [1.807, 2.05) is 76.7 Å². The zero-order chi connectivity index (χ0) is 48.5. The Hall–Kier alpha value is -8.52. The predicted molar refractivity (Wildman–Crippen MR) is 276 cm³/mol. The van der Waals surface area contributed by atoms with Crippen LogP contribution in [0.4, 0.5) is 0 Å². The highest BCUT2D eigenvalue weighted by molar-refractivity contribution is 6.00. The van der Waals surface area contributed by atoms with Crippen LogP contribution in [0.1, 0.15) is 22.8 Å². The molecule has 0 spiro atoms. The van der Waals surface area contributed by atoms with Crippen LogP contribution < -0.4 is 67.9 Å². The average Bonchev–Trinajstić information content (AvgIpc) is 4.21. The molecule has 0 radical (unpaired) electrons. The molecule has 16 heteroatoms. The van der Waals surface area contributed by atoms with Gasteiger partial charge in [0.15, 0.2) is 49.6 Å². The number of hydrogen-bond donors (Lipinski definition) is 2. The molecule has 0 saturated heterocycles. The molecule has 12 nitrogen and oxygen atoms in total. The van der Waals surface area contributed by atoms with Crippen molar-refractivity contribution in [1.82, 2.24) is 19.9 Å². The Balaban J connectivity index is 0.00000176. The highest BCUT2D eigenvalue weighted by Crippen LogP contribution is 2.40. The van der Waals surface area contributed by atoms with Crippen LogP contribution in [0, 0.1) is 0 Å². The topological polar surface area (TPSA) is 125 Å². The van der Waals surface area contributed by atoms with Crippen LogP contribution in [0.5, 0.6) is 0 Å². The quantitative estimate of drug-likeness (QED) is 0.201. The van der Waals surface area contributed by atoms with Gasteiger partial charge in [-0.2, -0.15) is 0 Å². The van der Waals surface area contributed by atoms with Crippen molar-refractivity contribution in [2.45, 2.75) is 0 Å². The summed E-state index contributed by atoms with van der Waals surface area (Å²) < 4.78 is 32.1. The second kappa shape index (κ2) is 21.4. The molecule has 11 aromatic heterocycles. The summed E-state index contributed by atoms with van der Waals surface area (Å²) in [5.74, 6) is 3.07. The van der Waals surface area contributed by atoms with E-state index in [1.54, 1.807) is 25.1 Å². The summed E-state index contributed by atoms with van der Waals surface area (Å²) in [6, 6.07) is 32.8. The van der Waals surface area contributed by atoms with Gasteiger partial charge in [-0.3, -0.25) is 0 Å². The first kappa shape index (κ1) is 52.3. The van der Waals surface area contributed by atoms with E-state index in [0.29, 0.717) is 0 Å². The lowest BCUT2D eigenvalue weighted by atomic mass is 10.0. The fraction of sp³-hybridized carbons (Fsp3) is 0.0667. The number of halogens is 4. The van der Waals surface area contributed by atoms with Crippen molar-refractivity contribution in [3.63, 3.8) is 0 Å². The van der Waals surface area contributed by atoms with Gasteiger partial charge in [0.25, 0.3) is 0 Å². The lowest BCUT2D eigenvalue weighted by Crippen LogP contribution is -3.00. The van der Waals surface area contributed by atoms with Crippen LogP contribution in [0.3, 0.4) is 0 Å². The first-order chi connectivity index (χ1) is 35.2. The number of rotatable bonds is 8. The molecule has 76 heavy (non-hydrogen) atoms. The van der Waals surface area contributed by atoms with E-state index in [0.717, 1.165) is 135 Å². The van der Waals surface area contributed by atoms with Gasteiger partial charge in [0.05, 0.1) is 92.3 Å². The highest BCUT2D eigenvalue weighted by Gasteiger charge is 2.24. The van der Waals surface area contributed by atoms with Crippen molar-refractivity contribution in [3.05, 3.63) is 194 Å². The Morgan fingerprint density at radius 1 is 0.316 bits per heavy atom.